The molecule has 1 aliphatic heterocycles. The Hall–Kier alpha value is -4.17. The molecule has 8 heteroatoms. The van der Waals surface area contributed by atoms with E-state index in [1.54, 1.807) is 19.5 Å². The van der Waals surface area contributed by atoms with E-state index < -0.39 is 0 Å². The normalized spacial score (nSPS) is 14.7. The van der Waals surface area contributed by atoms with Gasteiger partial charge in [-0.15, -0.1) is 0 Å². The highest BCUT2D eigenvalue weighted by Gasteiger charge is 2.21. The maximum Gasteiger partial charge on any atom is 0.145 e. The first-order valence-electron chi connectivity index (χ1n) is 12.8. The molecule has 0 saturated carbocycles. The van der Waals surface area contributed by atoms with Gasteiger partial charge in [0.2, 0.25) is 0 Å². The molecule has 6 rings (SSSR count). The first-order chi connectivity index (χ1) is 18.6. The van der Waals surface area contributed by atoms with E-state index in [9.17, 15) is 4.39 Å². The van der Waals surface area contributed by atoms with E-state index in [1.165, 1.54) is 6.07 Å². The Labute approximate surface area is 220 Å². The van der Waals surface area contributed by atoms with Crippen molar-refractivity contribution in [3.05, 3.63) is 84.6 Å². The lowest BCUT2D eigenvalue weighted by atomic mass is 10.1. The van der Waals surface area contributed by atoms with Gasteiger partial charge in [-0.1, -0.05) is 18.2 Å². The number of aromatic nitrogens is 3. The zero-order valence-electron chi connectivity index (χ0n) is 21.5. The van der Waals surface area contributed by atoms with Crippen LogP contribution in [0.15, 0.2) is 73.2 Å². The molecule has 1 saturated heterocycles. The Morgan fingerprint density at radius 1 is 1.03 bits per heavy atom. The highest BCUT2D eigenvalue weighted by molar-refractivity contribution is 5.97. The maximum absolute atomic E-state index is 14.2. The van der Waals surface area contributed by atoms with Crippen LogP contribution in [0.1, 0.15) is 18.4 Å². The van der Waals surface area contributed by atoms with Crippen LogP contribution in [0.25, 0.3) is 21.8 Å². The van der Waals surface area contributed by atoms with Crippen LogP contribution < -0.4 is 14.8 Å². The van der Waals surface area contributed by atoms with Crippen LogP contribution in [0.4, 0.5) is 15.9 Å². The summed E-state index contributed by atoms with van der Waals surface area (Å²) >= 11 is 0. The Kier molecular flexibility index (Phi) is 6.55. The SMILES string of the molecule is COc1cc(OC2CCN(C)CC2)c2c(Nc3ccc4c(ccn4Cc4ccccc4F)c3)ncnc2c1. The molecule has 1 N–H and O–H groups in total. The van der Waals surface area contributed by atoms with Gasteiger partial charge in [0.1, 0.15) is 35.6 Å². The third kappa shape index (κ3) is 4.87. The topological polar surface area (TPSA) is 64.4 Å². The number of piperidine rings is 1. The Balaban J connectivity index is 1.31. The molecule has 3 heterocycles. The first kappa shape index (κ1) is 24.2. The van der Waals surface area contributed by atoms with Gasteiger partial charge < -0.3 is 24.3 Å². The quantitative estimate of drug-likeness (QED) is 0.289. The second kappa shape index (κ2) is 10.3. The van der Waals surface area contributed by atoms with Gasteiger partial charge in [-0.3, -0.25) is 0 Å². The van der Waals surface area contributed by atoms with E-state index >= 15 is 0 Å². The Bertz CT molecular complexity index is 1590. The third-order valence-corrected chi connectivity index (χ3v) is 7.20. The molecule has 38 heavy (non-hydrogen) atoms. The number of fused-ring (bicyclic) bond motifs is 2. The van der Waals surface area contributed by atoms with Crippen LogP contribution in [0.2, 0.25) is 0 Å². The molecule has 2 aromatic heterocycles. The summed E-state index contributed by atoms with van der Waals surface area (Å²) in [5.74, 6) is 1.89. The second-order valence-electron chi connectivity index (χ2n) is 9.80. The number of hydrogen-bond acceptors (Lipinski definition) is 6. The van der Waals surface area contributed by atoms with Crippen LogP contribution in [-0.4, -0.2) is 52.8 Å². The van der Waals surface area contributed by atoms with E-state index in [0.717, 1.165) is 53.4 Å². The molecule has 1 fully saturated rings. The number of hydrogen-bond donors (Lipinski definition) is 1. The fourth-order valence-corrected chi connectivity index (χ4v) is 5.08. The number of likely N-dealkylation sites (tertiary alicyclic amines) is 1. The number of benzene rings is 3. The van der Waals surface area contributed by atoms with E-state index in [1.807, 2.05) is 48.7 Å². The van der Waals surface area contributed by atoms with Gasteiger partial charge >= 0.3 is 0 Å². The van der Waals surface area contributed by atoms with E-state index in [0.29, 0.717) is 29.4 Å². The van der Waals surface area contributed by atoms with Gasteiger partial charge in [-0.05, 0) is 50.2 Å². The minimum Gasteiger partial charge on any atom is -0.497 e. The lowest BCUT2D eigenvalue weighted by Crippen LogP contribution is -2.35. The molecule has 0 aliphatic carbocycles. The van der Waals surface area contributed by atoms with Gasteiger partial charge in [0, 0.05) is 53.6 Å². The summed E-state index contributed by atoms with van der Waals surface area (Å²) < 4.78 is 28.3. The zero-order valence-corrected chi connectivity index (χ0v) is 21.5. The van der Waals surface area contributed by atoms with Crippen molar-refractivity contribution in [2.75, 3.05) is 32.6 Å². The van der Waals surface area contributed by atoms with Crippen molar-refractivity contribution in [1.82, 2.24) is 19.4 Å². The van der Waals surface area contributed by atoms with Gasteiger partial charge in [0.05, 0.1) is 24.6 Å². The molecule has 0 bridgehead atoms. The third-order valence-electron chi connectivity index (χ3n) is 7.20. The number of halogens is 1. The summed E-state index contributed by atoms with van der Waals surface area (Å²) in [7, 11) is 3.78. The van der Waals surface area contributed by atoms with Gasteiger partial charge in [0.25, 0.3) is 0 Å². The fraction of sp³-hybridized carbons (Fsp3) is 0.267. The van der Waals surface area contributed by atoms with Crippen molar-refractivity contribution in [2.24, 2.45) is 0 Å². The number of ether oxygens (including phenoxy) is 2. The first-order valence-corrected chi connectivity index (χ1v) is 12.8. The summed E-state index contributed by atoms with van der Waals surface area (Å²) in [6.07, 6.45) is 5.59. The summed E-state index contributed by atoms with van der Waals surface area (Å²) in [6.45, 7) is 2.48. The predicted molar refractivity (Wildman–Crippen MR) is 148 cm³/mol. The lowest BCUT2D eigenvalue weighted by molar-refractivity contribution is 0.115. The van der Waals surface area contributed by atoms with Gasteiger partial charge in [-0.2, -0.15) is 0 Å². The second-order valence-corrected chi connectivity index (χ2v) is 9.80. The van der Waals surface area contributed by atoms with Crippen LogP contribution in [-0.2, 0) is 6.54 Å². The van der Waals surface area contributed by atoms with Crippen molar-refractivity contribution in [2.45, 2.75) is 25.5 Å². The maximum atomic E-state index is 14.2. The number of methoxy groups -OCH3 is 1. The van der Waals surface area contributed by atoms with Crippen molar-refractivity contribution in [3.8, 4) is 11.5 Å². The van der Waals surface area contributed by atoms with Crippen LogP contribution in [0, 0.1) is 5.82 Å². The average molecular weight is 512 g/mol. The molecule has 0 radical (unpaired) electrons. The average Bonchev–Trinajstić information content (AvgIpc) is 3.33. The monoisotopic (exact) mass is 511 g/mol. The van der Waals surface area contributed by atoms with Gasteiger partial charge in [-0.25, -0.2) is 14.4 Å². The molecule has 0 unspecified atom stereocenters. The Morgan fingerprint density at radius 2 is 1.87 bits per heavy atom. The molecule has 1 aliphatic rings. The standard InChI is InChI=1S/C30H30FN5O2/c1-35-12-10-23(11-13-35)38-28-17-24(37-2)16-26-29(28)30(33-19-32-26)34-22-7-8-27-20(15-22)9-14-36(27)18-21-5-3-4-6-25(21)31/h3-9,14-17,19,23H,10-13,18H2,1-2H3,(H,32,33,34). The number of rotatable bonds is 7. The van der Waals surface area contributed by atoms with Crippen molar-refractivity contribution >= 4 is 33.3 Å². The van der Waals surface area contributed by atoms with Gasteiger partial charge in [0.15, 0.2) is 0 Å². The number of nitrogens with one attached hydrogen (secondary N) is 1. The molecular weight excluding hydrogens is 481 g/mol. The molecule has 3 aromatic carbocycles. The summed E-state index contributed by atoms with van der Waals surface area (Å²) in [5, 5.41) is 5.35. The van der Waals surface area contributed by atoms with Crippen LogP contribution in [0.3, 0.4) is 0 Å². The lowest BCUT2D eigenvalue weighted by Gasteiger charge is -2.29. The smallest absolute Gasteiger partial charge is 0.145 e. The summed E-state index contributed by atoms with van der Waals surface area (Å²) in [6, 6.07) is 18.9. The highest BCUT2D eigenvalue weighted by atomic mass is 19.1. The molecule has 0 spiro atoms. The molecular formula is C30H30FN5O2. The van der Waals surface area contributed by atoms with Crippen LogP contribution >= 0.6 is 0 Å². The minimum absolute atomic E-state index is 0.125. The fourth-order valence-electron chi connectivity index (χ4n) is 5.08. The summed E-state index contributed by atoms with van der Waals surface area (Å²) in [4.78, 5) is 11.4. The molecule has 194 valence electrons. The zero-order chi connectivity index (χ0) is 26.1. The van der Waals surface area contributed by atoms with Crippen molar-refractivity contribution in [1.29, 1.82) is 0 Å². The Morgan fingerprint density at radius 3 is 2.68 bits per heavy atom. The minimum atomic E-state index is -0.196. The summed E-state index contributed by atoms with van der Waals surface area (Å²) in [5.41, 5.74) is 3.33. The van der Waals surface area contributed by atoms with E-state index in [4.69, 9.17) is 9.47 Å². The molecule has 7 nitrogen and oxygen atoms in total. The molecule has 0 atom stereocenters. The van der Waals surface area contributed by atoms with Crippen LogP contribution in [0.5, 0.6) is 11.5 Å². The largest absolute Gasteiger partial charge is 0.497 e. The number of nitrogens with zero attached hydrogens (tertiary/aromatic N) is 4. The number of anilines is 2. The van der Waals surface area contributed by atoms with Crippen molar-refractivity contribution < 1.29 is 13.9 Å². The van der Waals surface area contributed by atoms with E-state index in [-0.39, 0.29) is 11.9 Å². The van der Waals surface area contributed by atoms with Crippen molar-refractivity contribution in [3.63, 3.8) is 0 Å². The molecule has 0 amide bonds. The predicted octanol–water partition coefficient (Wildman–Crippen LogP) is 6.00. The highest BCUT2D eigenvalue weighted by Crippen LogP contribution is 2.37. The van der Waals surface area contributed by atoms with E-state index in [2.05, 4.69) is 37.9 Å². The molecule has 5 aromatic rings.